The molecule has 0 saturated carbocycles. The van der Waals surface area contributed by atoms with Crippen LogP contribution in [0, 0.1) is 13.8 Å². The zero-order chi connectivity index (χ0) is 25.1. The molecule has 0 spiro atoms. The Morgan fingerprint density at radius 2 is 1.33 bits per heavy atom. The van der Waals surface area contributed by atoms with Crippen molar-refractivity contribution >= 4 is 13.5 Å². The van der Waals surface area contributed by atoms with Crippen LogP contribution in [-0.4, -0.2) is 72.4 Å². The lowest BCUT2D eigenvalue weighted by Gasteiger charge is -2.41. The zero-order valence-electron chi connectivity index (χ0n) is 20.9. The number of nitrogens with zero attached hydrogens (tertiary/aromatic N) is 3. The number of ether oxygens (including phenoxy) is 2. The summed E-state index contributed by atoms with van der Waals surface area (Å²) >= 11 is 0. The molecule has 0 unspecified atom stereocenters. The summed E-state index contributed by atoms with van der Waals surface area (Å²) < 4.78 is 31.1. The van der Waals surface area contributed by atoms with Gasteiger partial charge in [0.15, 0.2) is 0 Å². The summed E-state index contributed by atoms with van der Waals surface area (Å²) in [6, 6.07) is 20.4. The van der Waals surface area contributed by atoms with Crippen molar-refractivity contribution in [2.24, 2.45) is 0 Å². The topological polar surface area (TPSA) is 76.0 Å². The lowest BCUT2D eigenvalue weighted by Crippen LogP contribution is -2.48. The molecule has 36 heavy (non-hydrogen) atoms. The number of nitrogens with one attached hydrogen (secondary N) is 1. The number of hydrogen-bond acceptors (Lipinski definition) is 4. The standard InChI is InChI=1S/C27H33N4O4P/c1-21-20-26(22(2)31(21)25-10-8-24(9-11-25)23-6-4-3-5-7-23)27(32)28-36(33,29-12-16-34-17-13-29)30-14-18-35-19-15-30/h3-11,20H,12-19H2,1-2H3,(H,28,32,33). The molecule has 190 valence electrons. The van der Waals surface area contributed by atoms with E-state index in [-0.39, 0.29) is 5.91 Å². The molecule has 0 bridgehead atoms. The molecule has 1 aromatic heterocycles. The van der Waals surface area contributed by atoms with Gasteiger partial charge in [0.05, 0.1) is 32.0 Å². The molecular formula is C27H33N4O4P. The average molecular weight is 509 g/mol. The smallest absolute Gasteiger partial charge is 0.311 e. The maximum Gasteiger partial charge on any atom is 0.311 e. The monoisotopic (exact) mass is 508 g/mol. The highest BCUT2D eigenvalue weighted by atomic mass is 31.2. The van der Waals surface area contributed by atoms with Crippen LogP contribution in [0.2, 0.25) is 0 Å². The summed E-state index contributed by atoms with van der Waals surface area (Å²) in [4.78, 5) is 13.6. The van der Waals surface area contributed by atoms with Crippen molar-refractivity contribution in [3.63, 3.8) is 0 Å². The molecule has 3 heterocycles. The number of amides is 1. The van der Waals surface area contributed by atoms with Crippen molar-refractivity contribution in [2.45, 2.75) is 13.8 Å². The zero-order valence-corrected chi connectivity index (χ0v) is 21.7. The summed E-state index contributed by atoms with van der Waals surface area (Å²) in [5.74, 6) is -0.323. The molecule has 2 aliphatic heterocycles. The van der Waals surface area contributed by atoms with Gasteiger partial charge < -0.3 is 14.0 Å². The van der Waals surface area contributed by atoms with Crippen molar-refractivity contribution in [1.82, 2.24) is 19.0 Å². The summed E-state index contributed by atoms with van der Waals surface area (Å²) in [6.07, 6.45) is 0. The molecule has 1 amide bonds. The lowest BCUT2D eigenvalue weighted by atomic mass is 10.1. The van der Waals surface area contributed by atoms with Crippen LogP contribution in [-0.2, 0) is 14.0 Å². The molecule has 2 fully saturated rings. The predicted molar refractivity (Wildman–Crippen MR) is 141 cm³/mol. The van der Waals surface area contributed by atoms with E-state index in [1.807, 2.05) is 47.5 Å². The second-order valence-electron chi connectivity index (χ2n) is 9.15. The minimum atomic E-state index is -3.33. The van der Waals surface area contributed by atoms with Crippen molar-refractivity contribution in [1.29, 1.82) is 0 Å². The van der Waals surface area contributed by atoms with Gasteiger partial charge in [-0.2, -0.15) is 0 Å². The number of benzene rings is 2. The first-order valence-corrected chi connectivity index (χ1v) is 14.0. The Balaban J connectivity index is 1.41. The van der Waals surface area contributed by atoms with E-state index >= 15 is 0 Å². The van der Waals surface area contributed by atoms with Crippen LogP contribution < -0.4 is 5.09 Å². The van der Waals surface area contributed by atoms with Gasteiger partial charge in [-0.15, -0.1) is 0 Å². The molecule has 2 saturated heterocycles. The number of aromatic nitrogens is 1. The van der Waals surface area contributed by atoms with Gasteiger partial charge in [-0.1, -0.05) is 42.5 Å². The molecule has 0 radical (unpaired) electrons. The Kier molecular flexibility index (Phi) is 7.42. The summed E-state index contributed by atoms with van der Waals surface area (Å²) in [7, 11) is -3.33. The number of rotatable bonds is 6. The van der Waals surface area contributed by atoms with Crippen LogP contribution in [0.15, 0.2) is 60.7 Å². The van der Waals surface area contributed by atoms with Crippen LogP contribution in [0.3, 0.4) is 0 Å². The molecule has 5 rings (SSSR count). The first-order chi connectivity index (χ1) is 17.5. The van der Waals surface area contributed by atoms with Crippen LogP contribution in [0.25, 0.3) is 16.8 Å². The predicted octanol–water partition coefficient (Wildman–Crippen LogP) is 4.26. The van der Waals surface area contributed by atoms with E-state index in [0.29, 0.717) is 58.2 Å². The van der Waals surface area contributed by atoms with E-state index in [9.17, 15) is 9.36 Å². The molecule has 9 heteroatoms. The fourth-order valence-corrected chi connectivity index (χ4v) is 7.42. The highest BCUT2D eigenvalue weighted by molar-refractivity contribution is 7.57. The third-order valence-corrected chi connectivity index (χ3v) is 9.73. The van der Waals surface area contributed by atoms with E-state index in [4.69, 9.17) is 9.47 Å². The maximum absolute atomic E-state index is 14.4. The summed E-state index contributed by atoms with van der Waals surface area (Å²) in [6.45, 7) is 7.97. The molecule has 2 aliphatic rings. The number of aryl methyl sites for hydroxylation is 1. The van der Waals surface area contributed by atoms with Gasteiger partial charge in [0.1, 0.15) is 0 Å². The van der Waals surface area contributed by atoms with Gasteiger partial charge in [0.25, 0.3) is 5.91 Å². The first-order valence-electron chi connectivity index (χ1n) is 12.4. The van der Waals surface area contributed by atoms with Crippen LogP contribution in [0.4, 0.5) is 0 Å². The Morgan fingerprint density at radius 1 is 0.806 bits per heavy atom. The molecule has 0 atom stereocenters. The normalized spacial score (nSPS) is 17.7. The molecule has 3 aromatic rings. The lowest BCUT2D eigenvalue weighted by molar-refractivity contribution is 0.0505. The van der Waals surface area contributed by atoms with E-state index in [0.717, 1.165) is 28.2 Å². The Bertz CT molecular complexity index is 1220. The van der Waals surface area contributed by atoms with Crippen LogP contribution >= 0.6 is 7.59 Å². The highest BCUT2D eigenvalue weighted by Crippen LogP contribution is 2.50. The van der Waals surface area contributed by atoms with Crippen molar-refractivity contribution in [3.05, 3.63) is 77.6 Å². The fourth-order valence-electron chi connectivity index (χ4n) is 4.99. The summed E-state index contributed by atoms with van der Waals surface area (Å²) in [5, 5.41) is 2.96. The van der Waals surface area contributed by atoms with Crippen molar-refractivity contribution in [2.75, 3.05) is 52.6 Å². The third-order valence-electron chi connectivity index (χ3n) is 6.90. The minimum absolute atomic E-state index is 0.323. The SMILES string of the molecule is Cc1cc(C(=O)NP(=O)(N2CCOCC2)N2CCOCC2)c(C)n1-c1ccc(-c2ccccc2)cc1. The number of hydrogen-bond donors (Lipinski definition) is 1. The number of carbonyl (C=O) groups excluding carboxylic acids is 1. The Labute approximate surface area is 212 Å². The largest absolute Gasteiger partial charge is 0.379 e. The minimum Gasteiger partial charge on any atom is -0.379 e. The van der Waals surface area contributed by atoms with Gasteiger partial charge in [-0.3, -0.25) is 14.4 Å². The first kappa shape index (κ1) is 24.9. The second-order valence-corrected chi connectivity index (χ2v) is 11.6. The molecule has 2 aromatic carbocycles. The van der Waals surface area contributed by atoms with E-state index in [1.54, 1.807) is 0 Å². The number of carbonyl (C=O) groups is 1. The Morgan fingerprint density at radius 3 is 1.89 bits per heavy atom. The van der Waals surface area contributed by atoms with Gasteiger partial charge in [0.2, 0.25) is 0 Å². The van der Waals surface area contributed by atoms with Gasteiger partial charge in [-0.25, -0.2) is 9.34 Å². The quantitative estimate of drug-likeness (QED) is 0.502. The van der Waals surface area contributed by atoms with E-state index < -0.39 is 7.59 Å². The average Bonchev–Trinajstić information content (AvgIpc) is 3.24. The maximum atomic E-state index is 14.4. The molecular weight excluding hydrogens is 475 g/mol. The molecule has 0 aliphatic carbocycles. The van der Waals surface area contributed by atoms with E-state index in [2.05, 4.69) is 46.1 Å². The van der Waals surface area contributed by atoms with Gasteiger partial charge in [-0.05, 0) is 43.2 Å². The van der Waals surface area contributed by atoms with Gasteiger partial charge >= 0.3 is 7.59 Å². The second kappa shape index (κ2) is 10.7. The fraction of sp³-hybridized carbons (Fsp3) is 0.370. The molecule has 8 nitrogen and oxygen atoms in total. The number of morpholine rings is 2. The highest BCUT2D eigenvalue weighted by Gasteiger charge is 2.41. The Hall–Kier alpha value is -2.74. The van der Waals surface area contributed by atoms with E-state index in [1.165, 1.54) is 0 Å². The van der Waals surface area contributed by atoms with Crippen molar-refractivity contribution in [3.8, 4) is 16.8 Å². The van der Waals surface area contributed by atoms with Gasteiger partial charge in [0, 0.05) is 43.3 Å². The summed E-state index contributed by atoms with van der Waals surface area (Å²) in [5.41, 5.74) is 5.56. The van der Waals surface area contributed by atoms with Crippen LogP contribution in [0.1, 0.15) is 21.7 Å². The van der Waals surface area contributed by atoms with Crippen molar-refractivity contribution < 1.29 is 18.8 Å². The third kappa shape index (κ3) is 4.92. The van der Waals surface area contributed by atoms with Crippen LogP contribution in [0.5, 0.6) is 0 Å². The molecule has 1 N–H and O–H groups in total.